The van der Waals surface area contributed by atoms with E-state index >= 15 is 0 Å². The quantitative estimate of drug-likeness (QED) is 0.719. The highest BCUT2D eigenvalue weighted by molar-refractivity contribution is 5.68. The van der Waals surface area contributed by atoms with Gasteiger partial charge in [0, 0.05) is 25.9 Å². The molecule has 0 spiro atoms. The molecule has 1 aromatic rings. The fraction of sp³-hybridized carbons (Fsp3) is 0.182. The number of H-pyrrole nitrogens is 1. The van der Waals surface area contributed by atoms with Crippen LogP contribution >= 0.6 is 0 Å². The van der Waals surface area contributed by atoms with E-state index in [1.165, 1.54) is 5.57 Å². The first-order valence-electron chi connectivity index (χ1n) is 4.52. The Morgan fingerprint density at radius 3 is 2.93 bits per heavy atom. The molecule has 1 aliphatic rings. The van der Waals surface area contributed by atoms with Crippen LogP contribution in [0.4, 0.5) is 0 Å². The minimum Gasteiger partial charge on any atom is -0.376 e. The third-order valence-electron chi connectivity index (χ3n) is 2.21. The van der Waals surface area contributed by atoms with Crippen LogP contribution in [0.25, 0.3) is 5.57 Å². The molecule has 0 bridgehead atoms. The molecule has 0 saturated carbocycles. The number of allylic oxidation sites excluding steroid dienone is 2. The van der Waals surface area contributed by atoms with E-state index in [9.17, 15) is 4.79 Å². The van der Waals surface area contributed by atoms with Crippen molar-refractivity contribution in [3.8, 4) is 0 Å². The number of aromatic nitrogens is 1. The predicted octanol–water partition coefficient (Wildman–Crippen LogP) is 1.22. The Kier molecular flexibility index (Phi) is 2.23. The van der Waals surface area contributed by atoms with Gasteiger partial charge in [0.25, 0.3) is 0 Å². The van der Waals surface area contributed by atoms with Gasteiger partial charge in [0.05, 0.1) is 0 Å². The van der Waals surface area contributed by atoms with Crippen LogP contribution < -0.4 is 5.56 Å². The Morgan fingerprint density at radius 2 is 2.29 bits per heavy atom. The van der Waals surface area contributed by atoms with Gasteiger partial charge in [-0.05, 0) is 29.5 Å². The van der Waals surface area contributed by atoms with Crippen LogP contribution in [0.15, 0.2) is 41.5 Å². The van der Waals surface area contributed by atoms with Crippen molar-refractivity contribution < 1.29 is 0 Å². The van der Waals surface area contributed by atoms with Crippen LogP contribution in [-0.4, -0.2) is 23.5 Å². The van der Waals surface area contributed by atoms with Crippen molar-refractivity contribution in [2.45, 2.75) is 0 Å². The molecule has 0 saturated heterocycles. The summed E-state index contributed by atoms with van der Waals surface area (Å²) in [6.45, 7) is 0.878. The third kappa shape index (κ3) is 1.76. The van der Waals surface area contributed by atoms with Crippen LogP contribution in [0.1, 0.15) is 5.56 Å². The molecule has 72 valence electrons. The summed E-state index contributed by atoms with van der Waals surface area (Å²) < 4.78 is 0. The van der Waals surface area contributed by atoms with E-state index in [1.54, 1.807) is 12.3 Å². The number of rotatable bonds is 1. The van der Waals surface area contributed by atoms with Crippen molar-refractivity contribution in [3.05, 3.63) is 52.6 Å². The molecule has 1 aliphatic heterocycles. The monoisotopic (exact) mass is 188 g/mol. The molecule has 1 aromatic heterocycles. The highest BCUT2D eigenvalue weighted by Crippen LogP contribution is 2.16. The summed E-state index contributed by atoms with van der Waals surface area (Å²) in [5.74, 6) is 0. The van der Waals surface area contributed by atoms with E-state index in [4.69, 9.17) is 0 Å². The van der Waals surface area contributed by atoms with Crippen LogP contribution in [0.3, 0.4) is 0 Å². The zero-order valence-corrected chi connectivity index (χ0v) is 8.03. The van der Waals surface area contributed by atoms with Crippen molar-refractivity contribution in [1.82, 2.24) is 9.88 Å². The van der Waals surface area contributed by atoms with Gasteiger partial charge in [0.1, 0.15) is 0 Å². The topological polar surface area (TPSA) is 36.1 Å². The number of aromatic amines is 1. The molecule has 0 aliphatic carbocycles. The van der Waals surface area contributed by atoms with E-state index in [2.05, 4.69) is 16.0 Å². The first-order valence-corrected chi connectivity index (χ1v) is 4.52. The van der Waals surface area contributed by atoms with Crippen LogP contribution in [0.5, 0.6) is 0 Å². The number of hydrogen-bond donors (Lipinski definition) is 1. The number of likely N-dealkylation sites (N-methyl/N-ethyl adjacent to an activating group) is 1. The summed E-state index contributed by atoms with van der Waals surface area (Å²) in [5, 5.41) is 0. The van der Waals surface area contributed by atoms with Crippen LogP contribution in [-0.2, 0) is 0 Å². The standard InChI is InChI=1S/C11H12N2O/c1-13-6-2-3-10(8-13)9-4-5-11(14)12-7-9/h2-7H,8H2,1H3,(H,12,14). The molecule has 2 heterocycles. The molecule has 0 radical (unpaired) electrons. The molecule has 0 atom stereocenters. The first-order chi connectivity index (χ1) is 6.75. The van der Waals surface area contributed by atoms with Crippen molar-refractivity contribution in [3.63, 3.8) is 0 Å². The summed E-state index contributed by atoms with van der Waals surface area (Å²) >= 11 is 0. The van der Waals surface area contributed by atoms with E-state index < -0.39 is 0 Å². The lowest BCUT2D eigenvalue weighted by molar-refractivity contribution is 0.512. The molecule has 0 amide bonds. The molecule has 0 unspecified atom stereocenters. The van der Waals surface area contributed by atoms with Crippen LogP contribution in [0.2, 0.25) is 0 Å². The Bertz CT molecular complexity index is 422. The first kappa shape index (κ1) is 8.81. The smallest absolute Gasteiger partial charge is 0.247 e. The second-order valence-corrected chi connectivity index (χ2v) is 3.39. The lowest BCUT2D eigenvalue weighted by Crippen LogP contribution is -2.16. The van der Waals surface area contributed by atoms with Gasteiger partial charge >= 0.3 is 0 Å². The van der Waals surface area contributed by atoms with Crippen molar-refractivity contribution in [2.24, 2.45) is 0 Å². The Labute approximate surface area is 82.4 Å². The van der Waals surface area contributed by atoms with E-state index in [0.717, 1.165) is 12.1 Å². The number of pyridine rings is 1. The van der Waals surface area contributed by atoms with Gasteiger partial charge in [-0.15, -0.1) is 0 Å². The molecule has 14 heavy (non-hydrogen) atoms. The normalized spacial score (nSPS) is 15.5. The zero-order chi connectivity index (χ0) is 9.97. The van der Waals surface area contributed by atoms with E-state index in [0.29, 0.717) is 0 Å². The average molecular weight is 188 g/mol. The molecule has 3 nitrogen and oxygen atoms in total. The summed E-state index contributed by atoms with van der Waals surface area (Å²) in [6.07, 6.45) is 7.84. The summed E-state index contributed by atoms with van der Waals surface area (Å²) in [5.41, 5.74) is 2.22. The van der Waals surface area contributed by atoms with Gasteiger partial charge < -0.3 is 9.88 Å². The lowest BCUT2D eigenvalue weighted by Gasteiger charge is -2.19. The highest BCUT2D eigenvalue weighted by atomic mass is 16.1. The van der Waals surface area contributed by atoms with Crippen LogP contribution in [0, 0.1) is 0 Å². The van der Waals surface area contributed by atoms with E-state index in [1.807, 2.05) is 25.4 Å². The highest BCUT2D eigenvalue weighted by Gasteiger charge is 2.05. The maximum Gasteiger partial charge on any atom is 0.247 e. The van der Waals surface area contributed by atoms with Crippen molar-refractivity contribution >= 4 is 5.57 Å². The SMILES string of the molecule is CN1C=CC=C(c2ccc(=O)[nH]c2)C1. The largest absolute Gasteiger partial charge is 0.376 e. The maximum atomic E-state index is 10.9. The third-order valence-corrected chi connectivity index (χ3v) is 2.21. The zero-order valence-electron chi connectivity index (χ0n) is 8.03. The van der Waals surface area contributed by atoms with Gasteiger partial charge in [-0.3, -0.25) is 4.79 Å². The summed E-state index contributed by atoms with van der Waals surface area (Å²) in [4.78, 5) is 15.6. The fourth-order valence-electron chi connectivity index (χ4n) is 1.48. The van der Waals surface area contributed by atoms with Gasteiger partial charge in [0.15, 0.2) is 0 Å². The van der Waals surface area contributed by atoms with E-state index in [-0.39, 0.29) is 5.56 Å². The second-order valence-electron chi connectivity index (χ2n) is 3.39. The molecular formula is C11H12N2O. The van der Waals surface area contributed by atoms with Gasteiger partial charge in [0.2, 0.25) is 5.56 Å². The maximum absolute atomic E-state index is 10.9. The molecule has 1 N–H and O–H groups in total. The Morgan fingerprint density at radius 1 is 1.43 bits per heavy atom. The van der Waals surface area contributed by atoms with Gasteiger partial charge in [-0.1, -0.05) is 6.08 Å². The molecule has 0 aromatic carbocycles. The average Bonchev–Trinajstić information content (AvgIpc) is 2.19. The fourth-order valence-corrected chi connectivity index (χ4v) is 1.48. The summed E-state index contributed by atoms with van der Waals surface area (Å²) in [7, 11) is 2.02. The summed E-state index contributed by atoms with van der Waals surface area (Å²) in [6, 6.07) is 3.40. The van der Waals surface area contributed by atoms with Gasteiger partial charge in [-0.2, -0.15) is 0 Å². The number of hydrogen-bond acceptors (Lipinski definition) is 2. The Balaban J connectivity index is 2.32. The lowest BCUT2D eigenvalue weighted by atomic mass is 10.1. The van der Waals surface area contributed by atoms with Gasteiger partial charge in [-0.25, -0.2) is 0 Å². The number of nitrogens with one attached hydrogen (secondary N) is 1. The Hall–Kier alpha value is -1.77. The molecule has 0 fully saturated rings. The molecular weight excluding hydrogens is 176 g/mol. The predicted molar refractivity (Wildman–Crippen MR) is 56.8 cm³/mol. The molecule has 2 rings (SSSR count). The second kappa shape index (κ2) is 3.54. The molecule has 3 heteroatoms. The number of nitrogens with zero attached hydrogens (tertiary/aromatic N) is 1. The van der Waals surface area contributed by atoms with Crippen molar-refractivity contribution in [2.75, 3.05) is 13.6 Å². The van der Waals surface area contributed by atoms with Crippen molar-refractivity contribution in [1.29, 1.82) is 0 Å². The minimum absolute atomic E-state index is 0.0611. The minimum atomic E-state index is -0.0611.